The van der Waals surface area contributed by atoms with Crippen molar-refractivity contribution in [2.45, 2.75) is 0 Å². The first-order chi connectivity index (χ1) is 7.27. The number of nitrogens with one attached hydrogen (secondary N) is 2. The molecule has 0 saturated carbocycles. The summed E-state index contributed by atoms with van der Waals surface area (Å²) in [4.78, 5) is 15.4. The number of hydrogen-bond acceptors (Lipinski definition) is 2. The molecule has 74 valence electrons. The standard InChI is InChI=1S/C9H5ClN4O/c10-7-5-3-1-2-4-6(5)14-8(11-7)9(15)12-13-14/h1-4,15H/p+1. The van der Waals surface area contributed by atoms with Crippen LogP contribution in [0.25, 0.3) is 16.6 Å². The summed E-state index contributed by atoms with van der Waals surface area (Å²) in [5, 5.41) is 6.30. The quantitative estimate of drug-likeness (QED) is 0.432. The second kappa shape index (κ2) is 2.80. The zero-order chi connectivity index (χ0) is 10.4. The predicted octanol–water partition coefficient (Wildman–Crippen LogP) is 0.643. The Labute approximate surface area is 88.3 Å². The molecule has 0 unspecified atom stereocenters. The van der Waals surface area contributed by atoms with Crippen molar-refractivity contribution in [1.29, 1.82) is 0 Å². The number of benzene rings is 1. The Bertz CT molecular complexity index is 715. The molecule has 0 radical (unpaired) electrons. The molecule has 1 aromatic carbocycles. The van der Waals surface area contributed by atoms with E-state index in [1.165, 1.54) is 0 Å². The Hall–Kier alpha value is -1.88. The lowest BCUT2D eigenvalue weighted by atomic mass is 10.2. The van der Waals surface area contributed by atoms with Gasteiger partial charge in [-0.2, -0.15) is 5.10 Å². The van der Waals surface area contributed by atoms with Crippen LogP contribution < -0.4 is 10.1 Å². The van der Waals surface area contributed by atoms with Crippen molar-refractivity contribution >= 4 is 28.2 Å². The van der Waals surface area contributed by atoms with E-state index in [1.807, 2.05) is 24.3 Å². The molecule has 0 atom stereocenters. The van der Waals surface area contributed by atoms with Crippen LogP contribution in [0.5, 0.6) is 0 Å². The van der Waals surface area contributed by atoms with Crippen molar-refractivity contribution in [1.82, 2.24) is 15.3 Å². The van der Waals surface area contributed by atoms with Crippen LogP contribution in [0.3, 0.4) is 0 Å². The summed E-state index contributed by atoms with van der Waals surface area (Å²) in [5.74, 6) is 0. The van der Waals surface area contributed by atoms with Gasteiger partial charge in [0.05, 0.1) is 5.39 Å². The molecule has 3 rings (SSSR count). The summed E-state index contributed by atoms with van der Waals surface area (Å²) < 4.78 is 1.57. The minimum Gasteiger partial charge on any atom is -0.241 e. The molecule has 0 aliphatic rings. The van der Waals surface area contributed by atoms with Gasteiger partial charge in [0, 0.05) is 0 Å². The van der Waals surface area contributed by atoms with Crippen LogP contribution in [0.15, 0.2) is 29.1 Å². The van der Waals surface area contributed by atoms with E-state index in [2.05, 4.69) is 15.3 Å². The minimum absolute atomic E-state index is 0.263. The van der Waals surface area contributed by atoms with Gasteiger partial charge >= 0.3 is 11.2 Å². The Balaban J connectivity index is 2.71. The third-order valence-electron chi connectivity index (χ3n) is 2.27. The minimum atomic E-state index is -0.289. The number of aromatic nitrogens is 4. The average Bonchev–Trinajstić information content (AvgIpc) is 2.62. The highest BCUT2D eigenvalue weighted by atomic mass is 35.5. The van der Waals surface area contributed by atoms with Gasteiger partial charge in [0.15, 0.2) is 0 Å². The number of para-hydroxylation sites is 1. The fraction of sp³-hybridized carbons (Fsp3) is 0. The van der Waals surface area contributed by atoms with Crippen molar-refractivity contribution in [3.63, 3.8) is 0 Å². The maximum Gasteiger partial charge on any atom is 0.399 e. The third kappa shape index (κ3) is 1.07. The summed E-state index contributed by atoms with van der Waals surface area (Å²) in [7, 11) is 0. The van der Waals surface area contributed by atoms with Crippen LogP contribution in [-0.4, -0.2) is 15.3 Å². The molecule has 0 bridgehead atoms. The first-order valence-corrected chi connectivity index (χ1v) is 4.72. The number of H-pyrrole nitrogens is 2. The van der Waals surface area contributed by atoms with Crippen molar-refractivity contribution in [2.75, 3.05) is 0 Å². The highest BCUT2D eigenvalue weighted by molar-refractivity contribution is 6.34. The lowest BCUT2D eigenvalue weighted by Gasteiger charge is -1.95. The zero-order valence-electron chi connectivity index (χ0n) is 7.49. The maximum absolute atomic E-state index is 11.3. The average molecular weight is 222 g/mol. The summed E-state index contributed by atoms with van der Waals surface area (Å²) in [6.07, 6.45) is 0. The van der Waals surface area contributed by atoms with Crippen LogP contribution in [0, 0.1) is 0 Å². The highest BCUT2D eigenvalue weighted by Crippen LogP contribution is 2.17. The van der Waals surface area contributed by atoms with E-state index in [9.17, 15) is 4.79 Å². The SMILES string of the molecule is O=c1[nH][nH][n+]2c1nc(Cl)c1ccccc12. The van der Waals surface area contributed by atoms with Gasteiger partial charge in [-0.1, -0.05) is 17.1 Å². The number of nitrogens with zero attached hydrogens (tertiary/aromatic N) is 2. The largest absolute Gasteiger partial charge is 0.399 e. The number of hydrogen-bond donors (Lipinski definition) is 2. The van der Waals surface area contributed by atoms with Gasteiger partial charge in [-0.3, -0.25) is 0 Å². The van der Waals surface area contributed by atoms with Crippen molar-refractivity contribution in [3.05, 3.63) is 39.8 Å². The normalized spacial score (nSPS) is 11.3. The third-order valence-corrected chi connectivity index (χ3v) is 2.56. The molecule has 2 N–H and O–H groups in total. The number of halogens is 1. The van der Waals surface area contributed by atoms with Crippen LogP contribution in [-0.2, 0) is 0 Å². The van der Waals surface area contributed by atoms with E-state index in [0.29, 0.717) is 5.15 Å². The molecule has 15 heavy (non-hydrogen) atoms. The monoisotopic (exact) mass is 221 g/mol. The van der Waals surface area contributed by atoms with Gasteiger partial charge in [0.25, 0.3) is 0 Å². The number of rotatable bonds is 0. The van der Waals surface area contributed by atoms with Gasteiger partial charge in [-0.05, 0) is 23.7 Å². The van der Waals surface area contributed by atoms with Crippen molar-refractivity contribution < 1.29 is 4.52 Å². The zero-order valence-corrected chi connectivity index (χ0v) is 8.25. The number of aromatic amines is 2. The fourth-order valence-corrected chi connectivity index (χ4v) is 1.83. The van der Waals surface area contributed by atoms with Crippen LogP contribution >= 0.6 is 11.6 Å². The molecule has 2 heterocycles. The molecular formula is C9H6ClN4O+. The molecule has 0 fully saturated rings. The van der Waals surface area contributed by atoms with Crippen LogP contribution in [0.4, 0.5) is 0 Å². The van der Waals surface area contributed by atoms with Gasteiger partial charge in [-0.25, -0.2) is 4.79 Å². The van der Waals surface area contributed by atoms with E-state index in [0.717, 1.165) is 10.9 Å². The van der Waals surface area contributed by atoms with E-state index in [4.69, 9.17) is 11.6 Å². The molecule has 2 aromatic heterocycles. The topological polar surface area (TPSA) is 65.6 Å². The lowest BCUT2D eigenvalue weighted by molar-refractivity contribution is -0.556. The Morgan fingerprint density at radius 2 is 2.13 bits per heavy atom. The summed E-state index contributed by atoms with van der Waals surface area (Å²) in [6, 6.07) is 7.45. The predicted molar refractivity (Wildman–Crippen MR) is 54.9 cm³/mol. The highest BCUT2D eigenvalue weighted by Gasteiger charge is 2.16. The van der Waals surface area contributed by atoms with Gasteiger partial charge < -0.3 is 0 Å². The molecule has 0 spiro atoms. The van der Waals surface area contributed by atoms with Gasteiger partial charge in [-0.15, -0.1) is 9.73 Å². The van der Waals surface area contributed by atoms with Crippen molar-refractivity contribution in [2.24, 2.45) is 0 Å². The Morgan fingerprint density at radius 3 is 3.00 bits per heavy atom. The first kappa shape index (κ1) is 8.43. The van der Waals surface area contributed by atoms with E-state index < -0.39 is 0 Å². The maximum atomic E-state index is 11.3. The molecule has 0 aliphatic carbocycles. The summed E-state index contributed by atoms with van der Waals surface area (Å²) >= 11 is 5.97. The van der Waals surface area contributed by atoms with Crippen molar-refractivity contribution in [3.8, 4) is 0 Å². The molecule has 5 nitrogen and oxygen atoms in total. The van der Waals surface area contributed by atoms with Crippen LogP contribution in [0.1, 0.15) is 0 Å². The van der Waals surface area contributed by atoms with E-state index in [-0.39, 0.29) is 11.2 Å². The van der Waals surface area contributed by atoms with Gasteiger partial charge in [0.1, 0.15) is 5.52 Å². The Morgan fingerprint density at radius 1 is 1.33 bits per heavy atom. The first-order valence-electron chi connectivity index (χ1n) is 4.34. The second-order valence-corrected chi connectivity index (χ2v) is 3.50. The molecule has 0 aliphatic heterocycles. The molecular weight excluding hydrogens is 216 g/mol. The molecule has 6 heteroatoms. The number of fused-ring (bicyclic) bond motifs is 3. The van der Waals surface area contributed by atoms with E-state index >= 15 is 0 Å². The van der Waals surface area contributed by atoms with Crippen LogP contribution in [0.2, 0.25) is 5.15 Å². The molecule has 0 amide bonds. The Kier molecular flexibility index (Phi) is 1.58. The lowest BCUT2D eigenvalue weighted by Crippen LogP contribution is -2.27. The second-order valence-electron chi connectivity index (χ2n) is 3.14. The summed E-state index contributed by atoms with van der Waals surface area (Å²) in [6.45, 7) is 0. The summed E-state index contributed by atoms with van der Waals surface area (Å²) in [5.41, 5.74) is 0.784. The van der Waals surface area contributed by atoms with Gasteiger partial charge in [0.2, 0.25) is 5.15 Å². The van der Waals surface area contributed by atoms with E-state index in [1.54, 1.807) is 4.52 Å². The molecule has 3 aromatic rings. The fourth-order valence-electron chi connectivity index (χ4n) is 1.59. The molecule has 0 saturated heterocycles. The smallest absolute Gasteiger partial charge is 0.241 e.